The lowest BCUT2D eigenvalue weighted by molar-refractivity contribution is 0.152. The zero-order valence-corrected chi connectivity index (χ0v) is 9.40. The van der Waals surface area contributed by atoms with E-state index in [2.05, 4.69) is 26.4 Å². The van der Waals surface area contributed by atoms with Crippen LogP contribution >= 0.6 is 0 Å². The highest BCUT2D eigenvalue weighted by Crippen LogP contribution is 2.12. The molecule has 0 unspecified atom stereocenters. The quantitative estimate of drug-likeness (QED) is 0.725. The van der Waals surface area contributed by atoms with Gasteiger partial charge in [-0.25, -0.2) is 10.9 Å². The topological polar surface area (TPSA) is 53.1 Å². The SMILES string of the molecule is CCON.Cc1nc2ccccc2n1C. The molecule has 0 aliphatic heterocycles. The second kappa shape index (κ2) is 5.48. The fraction of sp³-hybridized carbons (Fsp3) is 0.364. The van der Waals surface area contributed by atoms with E-state index in [9.17, 15) is 0 Å². The van der Waals surface area contributed by atoms with Crippen LogP contribution in [-0.2, 0) is 11.9 Å². The Morgan fingerprint density at radius 2 is 2.00 bits per heavy atom. The molecule has 1 aromatic heterocycles. The lowest BCUT2D eigenvalue weighted by Crippen LogP contribution is -1.94. The van der Waals surface area contributed by atoms with Crippen molar-refractivity contribution in [2.75, 3.05) is 6.61 Å². The Morgan fingerprint density at radius 3 is 2.53 bits per heavy atom. The minimum atomic E-state index is 0.597. The summed E-state index contributed by atoms with van der Waals surface area (Å²) >= 11 is 0. The summed E-state index contributed by atoms with van der Waals surface area (Å²) in [5.74, 6) is 5.59. The maximum absolute atomic E-state index is 4.53. The van der Waals surface area contributed by atoms with E-state index in [0.717, 1.165) is 11.3 Å². The predicted octanol–water partition coefficient (Wildman–Crippen LogP) is 1.78. The molecule has 15 heavy (non-hydrogen) atoms. The standard InChI is InChI=1S/C9H10N2.C2H7NO/c1-7-10-8-5-3-4-6-9(8)11(7)2;1-2-4-3/h3-6H,1-2H3;2-3H2,1H3. The fourth-order valence-electron chi connectivity index (χ4n) is 1.27. The Morgan fingerprint density at radius 1 is 1.40 bits per heavy atom. The average Bonchev–Trinajstić information content (AvgIpc) is 2.56. The molecule has 82 valence electrons. The van der Waals surface area contributed by atoms with Gasteiger partial charge in [-0.3, -0.25) is 0 Å². The number of hydrogen-bond donors (Lipinski definition) is 1. The number of aromatic nitrogens is 2. The van der Waals surface area contributed by atoms with Gasteiger partial charge < -0.3 is 9.40 Å². The van der Waals surface area contributed by atoms with Gasteiger partial charge in [0.15, 0.2) is 0 Å². The van der Waals surface area contributed by atoms with Gasteiger partial charge in [0.1, 0.15) is 5.82 Å². The van der Waals surface area contributed by atoms with Gasteiger partial charge in [-0.1, -0.05) is 12.1 Å². The zero-order chi connectivity index (χ0) is 11.3. The maximum Gasteiger partial charge on any atom is 0.106 e. The first-order valence-electron chi connectivity index (χ1n) is 4.90. The predicted molar refractivity (Wildman–Crippen MR) is 61.3 cm³/mol. The van der Waals surface area contributed by atoms with E-state index in [-0.39, 0.29) is 0 Å². The van der Waals surface area contributed by atoms with Crippen LogP contribution in [0.1, 0.15) is 12.7 Å². The zero-order valence-electron chi connectivity index (χ0n) is 9.40. The molecule has 0 bridgehead atoms. The summed E-state index contributed by atoms with van der Waals surface area (Å²) in [4.78, 5) is 8.42. The molecule has 0 radical (unpaired) electrons. The first-order valence-corrected chi connectivity index (χ1v) is 4.90. The molecule has 1 heterocycles. The Bertz CT molecular complexity index is 421. The molecule has 4 heteroatoms. The van der Waals surface area contributed by atoms with Crippen LogP contribution in [0.4, 0.5) is 0 Å². The van der Waals surface area contributed by atoms with Crippen molar-refractivity contribution in [1.82, 2.24) is 9.55 Å². The van der Waals surface area contributed by atoms with Crippen molar-refractivity contribution in [1.29, 1.82) is 0 Å². The smallest absolute Gasteiger partial charge is 0.106 e. The lowest BCUT2D eigenvalue weighted by Gasteiger charge is -1.93. The van der Waals surface area contributed by atoms with Crippen LogP contribution < -0.4 is 5.90 Å². The van der Waals surface area contributed by atoms with Crippen molar-refractivity contribution >= 4 is 11.0 Å². The highest BCUT2D eigenvalue weighted by Gasteiger charge is 2.00. The molecule has 0 aliphatic carbocycles. The van der Waals surface area contributed by atoms with E-state index < -0.39 is 0 Å². The minimum Gasteiger partial charge on any atom is -0.331 e. The summed E-state index contributed by atoms with van der Waals surface area (Å²) in [5, 5.41) is 0. The third-order valence-electron chi connectivity index (χ3n) is 2.18. The number of nitrogens with two attached hydrogens (primary N) is 1. The van der Waals surface area contributed by atoms with Crippen LogP contribution in [0.3, 0.4) is 0 Å². The van der Waals surface area contributed by atoms with Crippen molar-refractivity contribution in [2.45, 2.75) is 13.8 Å². The van der Waals surface area contributed by atoms with Crippen molar-refractivity contribution in [2.24, 2.45) is 12.9 Å². The van der Waals surface area contributed by atoms with Crippen molar-refractivity contribution in [3.05, 3.63) is 30.1 Å². The molecule has 2 rings (SSSR count). The number of para-hydroxylation sites is 2. The normalized spacial score (nSPS) is 9.87. The van der Waals surface area contributed by atoms with Gasteiger partial charge in [0.2, 0.25) is 0 Å². The van der Waals surface area contributed by atoms with Crippen LogP contribution in [-0.4, -0.2) is 16.2 Å². The van der Waals surface area contributed by atoms with Gasteiger partial charge in [0.05, 0.1) is 17.6 Å². The van der Waals surface area contributed by atoms with Crippen LogP contribution in [0.15, 0.2) is 24.3 Å². The van der Waals surface area contributed by atoms with E-state index in [0.29, 0.717) is 6.61 Å². The molecule has 0 amide bonds. The number of aryl methyl sites for hydroxylation is 2. The van der Waals surface area contributed by atoms with E-state index in [1.807, 2.05) is 39.1 Å². The van der Waals surface area contributed by atoms with Crippen LogP contribution in [0.25, 0.3) is 11.0 Å². The molecule has 2 N–H and O–H groups in total. The fourth-order valence-corrected chi connectivity index (χ4v) is 1.27. The van der Waals surface area contributed by atoms with E-state index in [4.69, 9.17) is 0 Å². The second-order valence-corrected chi connectivity index (χ2v) is 3.16. The molecule has 1 aromatic carbocycles. The van der Waals surface area contributed by atoms with E-state index in [1.165, 1.54) is 5.52 Å². The highest BCUT2D eigenvalue weighted by molar-refractivity contribution is 5.75. The summed E-state index contributed by atoms with van der Waals surface area (Å²) in [5.41, 5.74) is 2.28. The lowest BCUT2D eigenvalue weighted by atomic mass is 10.3. The molecular formula is C11H17N3O. The van der Waals surface area contributed by atoms with Gasteiger partial charge in [-0.2, -0.15) is 0 Å². The molecular weight excluding hydrogens is 190 g/mol. The molecule has 2 aromatic rings. The Balaban J connectivity index is 0.000000245. The number of rotatable bonds is 1. The van der Waals surface area contributed by atoms with E-state index in [1.54, 1.807) is 0 Å². The third-order valence-corrected chi connectivity index (χ3v) is 2.18. The summed E-state index contributed by atoms with van der Waals surface area (Å²) in [6.07, 6.45) is 0. The monoisotopic (exact) mass is 207 g/mol. The van der Waals surface area contributed by atoms with Gasteiger partial charge in [0.25, 0.3) is 0 Å². The Kier molecular flexibility index (Phi) is 4.27. The van der Waals surface area contributed by atoms with Crippen molar-refractivity contribution in [3.63, 3.8) is 0 Å². The second-order valence-electron chi connectivity index (χ2n) is 3.16. The Labute approximate surface area is 89.6 Å². The number of hydrogen-bond acceptors (Lipinski definition) is 3. The highest BCUT2D eigenvalue weighted by atomic mass is 16.6. The molecule has 0 aliphatic rings. The number of benzene rings is 1. The number of fused-ring (bicyclic) bond motifs is 1. The maximum atomic E-state index is 4.53. The molecule has 0 fully saturated rings. The van der Waals surface area contributed by atoms with Gasteiger partial charge in [0, 0.05) is 7.05 Å². The third kappa shape index (κ3) is 2.78. The van der Waals surface area contributed by atoms with E-state index >= 15 is 0 Å². The first kappa shape index (κ1) is 11.7. The van der Waals surface area contributed by atoms with Gasteiger partial charge >= 0.3 is 0 Å². The number of imidazole rings is 1. The average molecular weight is 207 g/mol. The summed E-state index contributed by atoms with van der Waals surface area (Å²) < 4.78 is 2.09. The van der Waals surface area contributed by atoms with Crippen LogP contribution in [0.2, 0.25) is 0 Å². The van der Waals surface area contributed by atoms with Crippen LogP contribution in [0.5, 0.6) is 0 Å². The van der Waals surface area contributed by atoms with Crippen molar-refractivity contribution < 1.29 is 4.84 Å². The number of nitrogens with zero attached hydrogens (tertiary/aromatic N) is 2. The Hall–Kier alpha value is -1.39. The molecule has 4 nitrogen and oxygen atoms in total. The van der Waals surface area contributed by atoms with Crippen molar-refractivity contribution in [3.8, 4) is 0 Å². The molecule has 0 saturated carbocycles. The summed E-state index contributed by atoms with van der Waals surface area (Å²) in [7, 11) is 2.03. The largest absolute Gasteiger partial charge is 0.331 e. The first-order chi connectivity index (χ1) is 7.20. The summed E-state index contributed by atoms with van der Waals surface area (Å²) in [6.45, 7) is 4.44. The summed E-state index contributed by atoms with van der Waals surface area (Å²) in [6, 6.07) is 8.15. The van der Waals surface area contributed by atoms with Gasteiger partial charge in [-0.15, -0.1) is 0 Å². The molecule has 0 spiro atoms. The van der Waals surface area contributed by atoms with Crippen LogP contribution in [0, 0.1) is 6.92 Å². The molecule has 0 atom stereocenters. The van der Waals surface area contributed by atoms with Gasteiger partial charge in [-0.05, 0) is 26.0 Å². The minimum absolute atomic E-state index is 0.597. The molecule has 0 saturated heterocycles.